The second-order valence-electron chi connectivity index (χ2n) is 7.70. The third-order valence-corrected chi connectivity index (χ3v) is 5.83. The van der Waals surface area contributed by atoms with Gasteiger partial charge >= 0.3 is 0 Å². The van der Waals surface area contributed by atoms with Crippen LogP contribution in [0.3, 0.4) is 0 Å². The minimum Gasteiger partial charge on any atom is -0.312 e. The molecule has 1 aromatic carbocycles. The standard InChI is InChI=1S/C20H24N4O4/c1-11(15-3-2-8-21-15)22-10-12-4-5-13-14(9-12)20(28)24(19(13)27)16-6-7-17(25)23-18(16)26/h4-5,9,11,15-16,21-22H,2-3,6-8,10H2,1H3,(H,23,25,26)/t11?,15-,16?/m0/s1. The third-order valence-electron chi connectivity index (χ3n) is 5.83. The molecule has 28 heavy (non-hydrogen) atoms. The van der Waals surface area contributed by atoms with E-state index in [1.807, 2.05) is 6.07 Å². The average molecular weight is 384 g/mol. The normalized spacial score (nSPS) is 25.8. The van der Waals surface area contributed by atoms with E-state index < -0.39 is 23.8 Å². The number of rotatable bonds is 5. The van der Waals surface area contributed by atoms with E-state index in [0.29, 0.717) is 29.8 Å². The van der Waals surface area contributed by atoms with Crippen molar-refractivity contribution in [1.29, 1.82) is 0 Å². The van der Waals surface area contributed by atoms with E-state index in [1.165, 1.54) is 6.42 Å². The van der Waals surface area contributed by atoms with Gasteiger partial charge in [-0.15, -0.1) is 0 Å². The Kier molecular flexibility index (Phi) is 4.99. The molecule has 2 fully saturated rings. The predicted octanol–water partition coefficient (Wildman–Crippen LogP) is 0.318. The lowest BCUT2D eigenvalue weighted by Gasteiger charge is -2.27. The average Bonchev–Trinajstić information content (AvgIpc) is 3.29. The Hall–Kier alpha value is -2.58. The van der Waals surface area contributed by atoms with Crippen molar-refractivity contribution in [2.45, 2.75) is 57.3 Å². The van der Waals surface area contributed by atoms with Crippen molar-refractivity contribution in [3.05, 3.63) is 34.9 Å². The zero-order chi connectivity index (χ0) is 19.8. The highest BCUT2D eigenvalue weighted by Gasteiger charge is 2.44. The monoisotopic (exact) mass is 384 g/mol. The van der Waals surface area contributed by atoms with Gasteiger partial charge in [0.25, 0.3) is 11.8 Å². The van der Waals surface area contributed by atoms with Gasteiger partial charge in [-0.3, -0.25) is 29.4 Å². The van der Waals surface area contributed by atoms with E-state index >= 15 is 0 Å². The molecule has 2 saturated heterocycles. The Balaban J connectivity index is 1.47. The van der Waals surface area contributed by atoms with Crippen LogP contribution in [0.2, 0.25) is 0 Å². The number of fused-ring (bicyclic) bond motifs is 1. The van der Waals surface area contributed by atoms with Crippen LogP contribution in [0.25, 0.3) is 0 Å². The highest BCUT2D eigenvalue weighted by Crippen LogP contribution is 2.28. The maximum Gasteiger partial charge on any atom is 0.262 e. The van der Waals surface area contributed by atoms with Gasteiger partial charge in [0.1, 0.15) is 6.04 Å². The first-order valence-corrected chi connectivity index (χ1v) is 9.77. The Morgan fingerprint density at radius 3 is 2.64 bits per heavy atom. The molecular weight excluding hydrogens is 360 g/mol. The van der Waals surface area contributed by atoms with Crippen molar-refractivity contribution in [3.63, 3.8) is 0 Å². The van der Waals surface area contributed by atoms with Crippen LogP contribution in [0.15, 0.2) is 18.2 Å². The number of amides is 4. The second kappa shape index (κ2) is 7.44. The van der Waals surface area contributed by atoms with Gasteiger partial charge in [-0.25, -0.2) is 0 Å². The summed E-state index contributed by atoms with van der Waals surface area (Å²) in [6.07, 6.45) is 2.61. The first-order valence-electron chi connectivity index (χ1n) is 9.77. The zero-order valence-corrected chi connectivity index (χ0v) is 15.8. The maximum atomic E-state index is 12.8. The van der Waals surface area contributed by atoms with Gasteiger partial charge in [0.05, 0.1) is 11.1 Å². The minimum absolute atomic E-state index is 0.117. The summed E-state index contributed by atoms with van der Waals surface area (Å²) in [7, 11) is 0. The zero-order valence-electron chi connectivity index (χ0n) is 15.8. The summed E-state index contributed by atoms with van der Waals surface area (Å²) in [4.78, 5) is 50.0. The largest absolute Gasteiger partial charge is 0.312 e. The Bertz CT molecular complexity index is 847. The molecule has 0 saturated carbocycles. The highest BCUT2D eigenvalue weighted by molar-refractivity contribution is 6.23. The van der Waals surface area contributed by atoms with Gasteiger partial charge in [-0.2, -0.15) is 0 Å². The van der Waals surface area contributed by atoms with Gasteiger partial charge in [0.15, 0.2) is 0 Å². The van der Waals surface area contributed by atoms with Gasteiger partial charge in [-0.05, 0) is 50.4 Å². The fourth-order valence-electron chi connectivity index (χ4n) is 4.19. The molecule has 3 aliphatic rings. The lowest BCUT2D eigenvalue weighted by Crippen LogP contribution is -2.54. The van der Waals surface area contributed by atoms with E-state index in [2.05, 4.69) is 22.9 Å². The van der Waals surface area contributed by atoms with Crippen LogP contribution in [0.1, 0.15) is 58.9 Å². The summed E-state index contributed by atoms with van der Waals surface area (Å²) < 4.78 is 0. The van der Waals surface area contributed by atoms with Gasteiger partial charge < -0.3 is 10.6 Å². The smallest absolute Gasteiger partial charge is 0.262 e. The van der Waals surface area contributed by atoms with Gasteiger partial charge in [0, 0.05) is 25.0 Å². The quantitative estimate of drug-likeness (QED) is 0.631. The molecule has 1 aromatic rings. The lowest BCUT2D eigenvalue weighted by molar-refractivity contribution is -0.136. The van der Waals surface area contributed by atoms with E-state index in [4.69, 9.17) is 0 Å². The van der Waals surface area contributed by atoms with E-state index in [-0.39, 0.29) is 18.7 Å². The van der Waals surface area contributed by atoms with Crippen LogP contribution >= 0.6 is 0 Å². The molecule has 3 atom stereocenters. The van der Waals surface area contributed by atoms with E-state index in [1.54, 1.807) is 12.1 Å². The SMILES string of the molecule is CC(NCc1ccc2c(c1)C(=O)N(C1CCC(=O)NC1=O)C2=O)[C@@H]1CCCN1. The minimum atomic E-state index is -0.930. The van der Waals surface area contributed by atoms with Crippen LogP contribution in [0.4, 0.5) is 0 Å². The number of nitrogens with zero attached hydrogens (tertiary/aromatic N) is 1. The predicted molar refractivity (Wildman–Crippen MR) is 100 cm³/mol. The van der Waals surface area contributed by atoms with Crippen LogP contribution in [-0.4, -0.2) is 53.2 Å². The summed E-state index contributed by atoms with van der Waals surface area (Å²) in [5.74, 6) is -1.91. The van der Waals surface area contributed by atoms with Crippen molar-refractivity contribution in [2.24, 2.45) is 0 Å². The molecule has 8 nitrogen and oxygen atoms in total. The molecule has 2 unspecified atom stereocenters. The number of piperidine rings is 1. The van der Waals surface area contributed by atoms with Crippen molar-refractivity contribution in [2.75, 3.05) is 6.54 Å². The summed E-state index contributed by atoms with van der Waals surface area (Å²) in [5, 5.41) is 9.14. The molecule has 4 amide bonds. The van der Waals surface area contributed by atoms with E-state index in [9.17, 15) is 19.2 Å². The molecule has 3 N–H and O–H groups in total. The molecule has 3 heterocycles. The Morgan fingerprint density at radius 2 is 1.93 bits per heavy atom. The number of carbonyl (C=O) groups excluding carboxylic acids is 4. The fraction of sp³-hybridized carbons (Fsp3) is 0.500. The van der Waals surface area contributed by atoms with Crippen LogP contribution < -0.4 is 16.0 Å². The summed E-state index contributed by atoms with van der Waals surface area (Å²) in [6.45, 7) is 3.77. The molecule has 0 aromatic heterocycles. The first-order chi connectivity index (χ1) is 13.5. The third kappa shape index (κ3) is 3.33. The molecule has 0 aliphatic carbocycles. The molecule has 0 radical (unpaired) electrons. The Morgan fingerprint density at radius 1 is 1.14 bits per heavy atom. The maximum absolute atomic E-state index is 12.8. The van der Waals surface area contributed by atoms with Crippen molar-refractivity contribution in [3.8, 4) is 0 Å². The molecule has 148 valence electrons. The number of hydrogen-bond acceptors (Lipinski definition) is 6. The number of nitrogens with one attached hydrogen (secondary N) is 3. The van der Waals surface area contributed by atoms with Gasteiger partial charge in [-0.1, -0.05) is 6.07 Å². The van der Waals surface area contributed by atoms with Gasteiger partial charge in [0.2, 0.25) is 11.8 Å². The molecule has 0 bridgehead atoms. The summed E-state index contributed by atoms with van der Waals surface area (Å²) >= 11 is 0. The fourth-order valence-corrected chi connectivity index (χ4v) is 4.19. The first kappa shape index (κ1) is 18.8. The lowest BCUT2D eigenvalue weighted by atomic mass is 10.0. The van der Waals surface area contributed by atoms with Crippen molar-refractivity contribution < 1.29 is 19.2 Å². The number of carbonyl (C=O) groups is 4. The summed E-state index contributed by atoms with van der Waals surface area (Å²) in [6, 6.07) is 5.02. The topological polar surface area (TPSA) is 108 Å². The van der Waals surface area contributed by atoms with Crippen LogP contribution in [0.5, 0.6) is 0 Å². The van der Waals surface area contributed by atoms with Crippen molar-refractivity contribution in [1.82, 2.24) is 20.9 Å². The van der Waals surface area contributed by atoms with Crippen LogP contribution in [0, 0.1) is 0 Å². The second-order valence-corrected chi connectivity index (χ2v) is 7.70. The molecular formula is C20H24N4O4. The van der Waals surface area contributed by atoms with Crippen LogP contribution in [-0.2, 0) is 16.1 Å². The highest BCUT2D eigenvalue weighted by atomic mass is 16.2. The number of hydrogen-bond donors (Lipinski definition) is 3. The molecule has 3 aliphatic heterocycles. The summed E-state index contributed by atoms with van der Waals surface area (Å²) in [5.41, 5.74) is 1.54. The molecule has 0 spiro atoms. The Labute approximate surface area is 163 Å². The number of imide groups is 2. The number of benzene rings is 1. The van der Waals surface area contributed by atoms with E-state index in [0.717, 1.165) is 23.4 Å². The molecule has 4 rings (SSSR count). The molecule has 8 heteroatoms. The van der Waals surface area contributed by atoms with Crippen molar-refractivity contribution >= 4 is 23.6 Å².